The molecule has 0 bridgehead atoms. The van der Waals surface area contributed by atoms with Gasteiger partial charge >= 0.3 is 0 Å². The molecular formula is C17H25N5O2S2. The van der Waals surface area contributed by atoms with E-state index in [9.17, 15) is 4.55 Å². The minimum Gasteiger partial charge on any atom is -0.548 e. The van der Waals surface area contributed by atoms with E-state index in [0.29, 0.717) is 18.6 Å². The molecule has 1 unspecified atom stereocenters. The van der Waals surface area contributed by atoms with Crippen molar-refractivity contribution in [3.05, 3.63) is 29.8 Å². The van der Waals surface area contributed by atoms with Crippen molar-refractivity contribution in [1.82, 2.24) is 13.6 Å². The molecule has 1 fully saturated rings. The number of nitrogens with two attached hydrogens (primary N) is 1. The summed E-state index contributed by atoms with van der Waals surface area (Å²) < 4.78 is 23.2. The Morgan fingerprint density at radius 3 is 2.96 bits per heavy atom. The number of rotatable bonds is 8. The topological polar surface area (TPSA) is 103 Å². The number of nitrogen functional groups attached to an aromatic ring is 1. The number of hydrogen-bond acceptors (Lipinski definition) is 7. The molecule has 0 radical (unpaired) electrons. The summed E-state index contributed by atoms with van der Waals surface area (Å²) in [5.74, 6) is 2.11. The molecule has 9 heteroatoms. The van der Waals surface area contributed by atoms with Crippen LogP contribution in [0, 0.1) is 0 Å². The lowest BCUT2D eigenvalue weighted by Crippen LogP contribution is -2.29. The fraction of sp³-hybridized carbons (Fsp3) is 0.529. The highest BCUT2D eigenvalue weighted by Crippen LogP contribution is 2.25. The number of ether oxygens (including phenoxy) is 1. The molecule has 1 aromatic heterocycles. The number of nitrogens with zero attached hydrogens (tertiary/aromatic N) is 3. The molecule has 0 aliphatic carbocycles. The molecule has 1 aliphatic rings. The van der Waals surface area contributed by atoms with Gasteiger partial charge < -0.3 is 15.0 Å². The second-order valence-electron chi connectivity index (χ2n) is 6.19. The third kappa shape index (κ3) is 6.01. The Bertz CT molecular complexity index is 756. The molecule has 3 rings (SSSR count). The lowest BCUT2D eigenvalue weighted by Gasteiger charge is -2.25. The summed E-state index contributed by atoms with van der Waals surface area (Å²) in [5, 5.41) is 0. The number of piperidine rings is 1. The van der Waals surface area contributed by atoms with Gasteiger partial charge in [0.15, 0.2) is 11.1 Å². The van der Waals surface area contributed by atoms with Crippen LogP contribution in [0.25, 0.3) is 0 Å². The molecule has 1 saturated heterocycles. The monoisotopic (exact) mass is 395 g/mol. The van der Waals surface area contributed by atoms with Crippen LogP contribution in [0.3, 0.4) is 0 Å². The molecule has 1 atom stereocenters. The Kier molecular flexibility index (Phi) is 7.36. The van der Waals surface area contributed by atoms with Crippen LogP contribution in [0.5, 0.6) is 5.75 Å². The van der Waals surface area contributed by atoms with E-state index < -0.39 is 11.1 Å². The molecule has 0 saturated carbocycles. The maximum absolute atomic E-state index is 11.1. The Balaban J connectivity index is 1.40. The third-order valence-corrected chi connectivity index (χ3v) is 5.93. The van der Waals surface area contributed by atoms with Crippen molar-refractivity contribution in [2.75, 3.05) is 37.9 Å². The lowest BCUT2D eigenvalue weighted by atomic mass is 10.1. The van der Waals surface area contributed by atoms with E-state index in [1.165, 1.54) is 37.2 Å². The van der Waals surface area contributed by atoms with Gasteiger partial charge in [-0.05, 0) is 44.1 Å². The molecule has 26 heavy (non-hydrogen) atoms. The first-order valence-electron chi connectivity index (χ1n) is 8.86. The molecular weight excluding hydrogens is 370 g/mol. The van der Waals surface area contributed by atoms with Crippen LogP contribution in [0.4, 0.5) is 5.82 Å². The molecule has 2 heterocycles. The first-order valence-corrected chi connectivity index (χ1v) is 11.0. The number of H-pyrrole nitrogens is 1. The van der Waals surface area contributed by atoms with Gasteiger partial charge in [0, 0.05) is 28.1 Å². The number of anilines is 1. The zero-order valence-electron chi connectivity index (χ0n) is 14.7. The minimum absolute atomic E-state index is 0.197. The van der Waals surface area contributed by atoms with Gasteiger partial charge in [0.1, 0.15) is 5.75 Å². The SMILES string of the molecule is Nc1n[s+]([O-])[nH]c1=NCCCOc1cccc(SCN2CCCCC2)c1. The average Bonchev–Trinajstić information content (AvgIpc) is 2.98. The number of aromatic amines is 1. The summed E-state index contributed by atoms with van der Waals surface area (Å²) in [6.45, 7) is 3.53. The van der Waals surface area contributed by atoms with Gasteiger partial charge in [0.25, 0.3) is 0 Å². The van der Waals surface area contributed by atoms with E-state index >= 15 is 0 Å². The number of benzene rings is 1. The second kappa shape index (κ2) is 9.96. The average molecular weight is 396 g/mol. The fourth-order valence-corrected chi connectivity index (χ4v) is 4.37. The van der Waals surface area contributed by atoms with Gasteiger partial charge in [-0.3, -0.25) is 9.89 Å². The molecule has 142 valence electrons. The zero-order chi connectivity index (χ0) is 18.2. The van der Waals surface area contributed by atoms with Crippen molar-refractivity contribution < 1.29 is 9.29 Å². The number of likely N-dealkylation sites (tertiary alicyclic amines) is 1. The number of nitrogens with one attached hydrogen (secondary N) is 1. The number of aromatic nitrogens is 2. The summed E-state index contributed by atoms with van der Waals surface area (Å²) >= 11 is 0.380. The first-order chi connectivity index (χ1) is 12.7. The Morgan fingerprint density at radius 2 is 2.19 bits per heavy atom. The van der Waals surface area contributed by atoms with Crippen molar-refractivity contribution in [3.8, 4) is 5.75 Å². The fourth-order valence-electron chi connectivity index (χ4n) is 2.76. The number of hydrogen-bond donors (Lipinski definition) is 2. The van der Waals surface area contributed by atoms with Gasteiger partial charge in [0.05, 0.1) is 6.61 Å². The van der Waals surface area contributed by atoms with E-state index in [4.69, 9.17) is 10.5 Å². The van der Waals surface area contributed by atoms with Gasteiger partial charge in [-0.1, -0.05) is 12.5 Å². The summed E-state index contributed by atoms with van der Waals surface area (Å²) in [5.41, 5.74) is 6.00. The standard InChI is InChI=1S/C17H25N5O2S2/c18-16-17(21-26(23)20-16)19-8-5-11-24-14-6-4-7-15(12-14)25-13-22-9-2-1-3-10-22/h4,6-7,12H,1-3,5,8-11,13H2,(H2,18,20)(H,19,21). The van der Waals surface area contributed by atoms with Crippen LogP contribution in [-0.2, 0) is 0 Å². The highest BCUT2D eigenvalue weighted by molar-refractivity contribution is 7.99. The third-order valence-electron chi connectivity index (χ3n) is 4.12. The predicted molar refractivity (Wildman–Crippen MR) is 105 cm³/mol. The summed E-state index contributed by atoms with van der Waals surface area (Å²) in [4.78, 5) is 8.00. The maximum atomic E-state index is 11.1. The Hall–Kier alpha value is -1.55. The summed E-state index contributed by atoms with van der Waals surface area (Å²) in [7, 11) is 0. The minimum atomic E-state index is -1.48. The van der Waals surface area contributed by atoms with Crippen LogP contribution in [-0.4, -0.2) is 50.3 Å². The van der Waals surface area contributed by atoms with Crippen molar-refractivity contribution in [3.63, 3.8) is 0 Å². The summed E-state index contributed by atoms with van der Waals surface area (Å²) in [6.07, 6.45) is 4.74. The molecule has 2 aromatic rings. The highest BCUT2D eigenvalue weighted by atomic mass is 32.2. The van der Waals surface area contributed by atoms with Crippen molar-refractivity contribution in [1.29, 1.82) is 0 Å². The van der Waals surface area contributed by atoms with Crippen LogP contribution >= 0.6 is 22.9 Å². The van der Waals surface area contributed by atoms with E-state index in [0.717, 1.165) is 18.0 Å². The van der Waals surface area contributed by atoms with Crippen LogP contribution in [0.1, 0.15) is 25.7 Å². The van der Waals surface area contributed by atoms with Crippen LogP contribution in [0.2, 0.25) is 0 Å². The van der Waals surface area contributed by atoms with Gasteiger partial charge in [-0.2, -0.15) is 0 Å². The Morgan fingerprint density at radius 1 is 1.35 bits per heavy atom. The van der Waals surface area contributed by atoms with Gasteiger partial charge in [-0.25, -0.2) is 0 Å². The first kappa shape index (κ1) is 19.2. The van der Waals surface area contributed by atoms with E-state index in [1.807, 2.05) is 23.9 Å². The van der Waals surface area contributed by atoms with E-state index in [1.54, 1.807) is 0 Å². The maximum Gasteiger partial charge on any atom is 0.229 e. The zero-order valence-corrected chi connectivity index (χ0v) is 16.4. The molecule has 1 aromatic carbocycles. The van der Waals surface area contributed by atoms with Gasteiger partial charge in [-0.15, -0.1) is 16.1 Å². The second-order valence-corrected chi connectivity index (χ2v) is 8.09. The smallest absolute Gasteiger partial charge is 0.229 e. The van der Waals surface area contributed by atoms with Crippen LogP contribution in [0.15, 0.2) is 34.2 Å². The van der Waals surface area contributed by atoms with Crippen LogP contribution < -0.4 is 16.0 Å². The van der Waals surface area contributed by atoms with Crippen molar-refractivity contribution >= 4 is 28.7 Å². The van der Waals surface area contributed by atoms with Crippen molar-refractivity contribution in [2.45, 2.75) is 30.6 Å². The molecule has 1 aliphatic heterocycles. The lowest BCUT2D eigenvalue weighted by molar-refractivity contribution is 0.266. The largest absolute Gasteiger partial charge is 0.548 e. The number of thioether (sulfide) groups is 1. The molecule has 3 N–H and O–H groups in total. The normalized spacial score (nSPS) is 16.8. The molecule has 0 amide bonds. The molecule has 0 spiro atoms. The quantitative estimate of drug-likeness (QED) is 0.405. The predicted octanol–water partition coefficient (Wildman–Crippen LogP) is 2.62. The van der Waals surface area contributed by atoms with Gasteiger partial charge in [0.2, 0.25) is 11.3 Å². The Labute approximate surface area is 160 Å². The van der Waals surface area contributed by atoms with E-state index in [-0.39, 0.29) is 5.82 Å². The van der Waals surface area contributed by atoms with E-state index in [2.05, 4.69) is 30.8 Å². The summed E-state index contributed by atoms with van der Waals surface area (Å²) in [6, 6.07) is 8.22. The highest BCUT2D eigenvalue weighted by Gasteiger charge is 2.10. The van der Waals surface area contributed by atoms with Crippen molar-refractivity contribution in [2.24, 2.45) is 4.99 Å². The molecule has 7 nitrogen and oxygen atoms in total.